The van der Waals surface area contributed by atoms with Crippen LogP contribution in [0.4, 0.5) is 0 Å². The number of likely N-dealkylation sites (tertiary alicyclic amines) is 1. The van der Waals surface area contributed by atoms with Gasteiger partial charge in [-0.3, -0.25) is 0 Å². The molecule has 2 fully saturated rings. The monoisotopic (exact) mass is 235 g/mol. The third-order valence-corrected chi connectivity index (χ3v) is 4.20. The largest absolute Gasteiger partial charge is 0.300 e. The van der Waals surface area contributed by atoms with Crippen molar-refractivity contribution in [3.8, 4) is 11.8 Å². The van der Waals surface area contributed by atoms with Crippen LogP contribution < -0.4 is 0 Å². The maximum Gasteiger partial charge on any atom is 0.0232 e. The Labute approximate surface area is 108 Å². The van der Waals surface area contributed by atoms with Crippen molar-refractivity contribution in [2.45, 2.75) is 65.8 Å². The highest BCUT2D eigenvalue weighted by Gasteiger charge is 2.33. The fraction of sp³-hybridized carbons (Fsp3) is 0.875. The zero-order valence-corrected chi connectivity index (χ0v) is 12.1. The predicted octanol–water partition coefficient (Wildman–Crippen LogP) is 3.94. The van der Waals surface area contributed by atoms with Crippen molar-refractivity contribution >= 4 is 0 Å². The first-order chi connectivity index (χ1) is 8.33. The second-order valence-corrected chi connectivity index (χ2v) is 5.10. The Bertz CT molecular complexity index is 246. The lowest BCUT2D eigenvalue weighted by atomic mass is 9.78. The summed E-state index contributed by atoms with van der Waals surface area (Å²) in [5, 5.41) is 0. The predicted molar refractivity (Wildman–Crippen MR) is 75.9 cm³/mol. The Hall–Kier alpha value is -0.480. The molecule has 0 N–H and O–H groups in total. The molecule has 0 aromatic heterocycles. The maximum absolute atomic E-state index is 3.29. The number of hydrogen-bond donors (Lipinski definition) is 0. The first-order valence-corrected chi connectivity index (χ1v) is 7.49. The Kier molecular flexibility index (Phi) is 6.66. The number of piperidine rings is 1. The molecule has 98 valence electrons. The van der Waals surface area contributed by atoms with Gasteiger partial charge in [-0.1, -0.05) is 27.2 Å². The van der Waals surface area contributed by atoms with Crippen molar-refractivity contribution in [2.24, 2.45) is 11.8 Å². The molecular weight excluding hydrogens is 206 g/mol. The summed E-state index contributed by atoms with van der Waals surface area (Å²) >= 11 is 0. The highest BCUT2D eigenvalue weighted by atomic mass is 15.2. The average molecular weight is 235 g/mol. The van der Waals surface area contributed by atoms with E-state index in [-0.39, 0.29) is 0 Å². The molecule has 0 amide bonds. The summed E-state index contributed by atoms with van der Waals surface area (Å²) in [6.45, 7) is 11.0. The minimum absolute atomic E-state index is 0.712. The molecule has 0 unspecified atom stereocenters. The topological polar surface area (TPSA) is 3.24 Å². The number of hydrogen-bond acceptors (Lipinski definition) is 1. The van der Waals surface area contributed by atoms with Crippen LogP contribution >= 0.6 is 0 Å². The molecule has 1 heteroatoms. The molecule has 0 spiro atoms. The van der Waals surface area contributed by atoms with Gasteiger partial charge in [-0.25, -0.2) is 0 Å². The van der Waals surface area contributed by atoms with Gasteiger partial charge in [0.1, 0.15) is 0 Å². The van der Waals surface area contributed by atoms with Crippen LogP contribution in [0, 0.1) is 23.7 Å². The zero-order chi connectivity index (χ0) is 12.7. The smallest absolute Gasteiger partial charge is 0.0232 e. The van der Waals surface area contributed by atoms with Crippen molar-refractivity contribution < 1.29 is 0 Å². The van der Waals surface area contributed by atoms with E-state index in [4.69, 9.17) is 0 Å². The quantitative estimate of drug-likeness (QED) is 0.655. The van der Waals surface area contributed by atoms with E-state index in [9.17, 15) is 0 Å². The molecule has 0 aromatic rings. The molecule has 0 bridgehead atoms. The Morgan fingerprint density at radius 3 is 2.18 bits per heavy atom. The van der Waals surface area contributed by atoms with E-state index in [0.717, 1.165) is 12.0 Å². The maximum atomic E-state index is 3.29. The minimum Gasteiger partial charge on any atom is -0.300 e. The van der Waals surface area contributed by atoms with Crippen molar-refractivity contribution in [1.29, 1.82) is 0 Å². The summed E-state index contributed by atoms with van der Waals surface area (Å²) in [6, 6.07) is 0.869. The van der Waals surface area contributed by atoms with Gasteiger partial charge < -0.3 is 4.90 Å². The fourth-order valence-electron chi connectivity index (χ4n) is 2.93. The summed E-state index contributed by atoms with van der Waals surface area (Å²) in [4.78, 5) is 2.71. The van der Waals surface area contributed by atoms with Crippen LogP contribution in [-0.4, -0.2) is 24.0 Å². The molecule has 1 saturated carbocycles. The molecular formula is C16H29N. The lowest BCUT2D eigenvalue weighted by Crippen LogP contribution is -2.47. The van der Waals surface area contributed by atoms with Gasteiger partial charge in [-0.05, 0) is 51.6 Å². The van der Waals surface area contributed by atoms with Crippen molar-refractivity contribution in [3.05, 3.63) is 0 Å². The van der Waals surface area contributed by atoms with Gasteiger partial charge in [0.15, 0.2) is 0 Å². The molecule has 17 heavy (non-hydrogen) atoms. The lowest BCUT2D eigenvalue weighted by molar-refractivity contribution is 0.0649. The lowest BCUT2D eigenvalue weighted by Gasteiger charge is -2.44. The molecule has 2 aliphatic rings. The minimum atomic E-state index is 0.712. The highest BCUT2D eigenvalue weighted by Crippen LogP contribution is 2.34. The second kappa shape index (κ2) is 7.77. The van der Waals surface area contributed by atoms with E-state index < -0.39 is 0 Å². The standard InChI is InChI=1S/C14H23N.C2H6/c1-3-5-13-10-14(11-13)15-8-6-12(4-2)7-9-15;1-2/h12-14H,4,6-11H2,1-2H3;1-2H3. The van der Waals surface area contributed by atoms with E-state index in [1.54, 1.807) is 0 Å². The molecule has 1 aliphatic carbocycles. The first kappa shape index (κ1) is 14.6. The van der Waals surface area contributed by atoms with Gasteiger partial charge in [0, 0.05) is 12.0 Å². The summed E-state index contributed by atoms with van der Waals surface area (Å²) in [5.41, 5.74) is 0. The number of rotatable bonds is 2. The summed E-state index contributed by atoms with van der Waals surface area (Å²) in [6.07, 6.45) is 6.89. The van der Waals surface area contributed by atoms with E-state index >= 15 is 0 Å². The third-order valence-electron chi connectivity index (χ3n) is 4.20. The van der Waals surface area contributed by atoms with Gasteiger partial charge >= 0.3 is 0 Å². The molecule has 0 radical (unpaired) electrons. The molecule has 1 aliphatic heterocycles. The summed E-state index contributed by atoms with van der Waals surface area (Å²) < 4.78 is 0. The average Bonchev–Trinajstić information content (AvgIpc) is 2.36. The van der Waals surface area contributed by atoms with Crippen LogP contribution in [0.2, 0.25) is 0 Å². The molecule has 1 heterocycles. The van der Waals surface area contributed by atoms with Crippen molar-refractivity contribution in [3.63, 3.8) is 0 Å². The number of nitrogens with zero attached hydrogens (tertiary/aromatic N) is 1. The molecule has 0 aromatic carbocycles. The third kappa shape index (κ3) is 4.03. The Morgan fingerprint density at radius 1 is 1.12 bits per heavy atom. The molecule has 2 rings (SSSR count). The molecule has 0 atom stereocenters. The highest BCUT2D eigenvalue weighted by molar-refractivity contribution is 5.08. The van der Waals surface area contributed by atoms with Crippen LogP contribution in [0.1, 0.15) is 59.8 Å². The fourth-order valence-corrected chi connectivity index (χ4v) is 2.93. The normalized spacial score (nSPS) is 29.4. The zero-order valence-electron chi connectivity index (χ0n) is 12.1. The van der Waals surface area contributed by atoms with E-state index in [1.165, 1.54) is 45.2 Å². The van der Waals surface area contributed by atoms with Crippen LogP contribution in [0.15, 0.2) is 0 Å². The second-order valence-electron chi connectivity index (χ2n) is 5.10. The SMILES string of the molecule is CC.CC#CC1CC(N2CCC(CC)CC2)C1. The van der Waals surface area contributed by atoms with Crippen molar-refractivity contribution in [2.75, 3.05) is 13.1 Å². The van der Waals surface area contributed by atoms with E-state index in [1.807, 2.05) is 20.8 Å². The van der Waals surface area contributed by atoms with Gasteiger partial charge in [0.05, 0.1) is 0 Å². The molecule has 1 nitrogen and oxygen atoms in total. The van der Waals surface area contributed by atoms with E-state index in [0.29, 0.717) is 5.92 Å². The molecule has 1 saturated heterocycles. The van der Waals surface area contributed by atoms with Crippen LogP contribution in [0.5, 0.6) is 0 Å². The van der Waals surface area contributed by atoms with Crippen molar-refractivity contribution in [1.82, 2.24) is 4.90 Å². The van der Waals surface area contributed by atoms with Crippen LogP contribution in [0.3, 0.4) is 0 Å². The van der Waals surface area contributed by atoms with Gasteiger partial charge in [0.2, 0.25) is 0 Å². The van der Waals surface area contributed by atoms with Gasteiger partial charge in [-0.15, -0.1) is 11.8 Å². The van der Waals surface area contributed by atoms with Crippen LogP contribution in [-0.2, 0) is 0 Å². The Balaban J connectivity index is 0.000000686. The first-order valence-electron chi connectivity index (χ1n) is 7.49. The van der Waals surface area contributed by atoms with Gasteiger partial charge in [-0.2, -0.15) is 0 Å². The van der Waals surface area contributed by atoms with Gasteiger partial charge in [0.25, 0.3) is 0 Å². The van der Waals surface area contributed by atoms with Crippen LogP contribution in [0.25, 0.3) is 0 Å². The summed E-state index contributed by atoms with van der Waals surface area (Å²) in [5.74, 6) is 8.05. The summed E-state index contributed by atoms with van der Waals surface area (Å²) in [7, 11) is 0. The van der Waals surface area contributed by atoms with E-state index in [2.05, 4.69) is 23.7 Å². The Morgan fingerprint density at radius 2 is 1.71 bits per heavy atom.